The van der Waals surface area contributed by atoms with Crippen LogP contribution in [-0.4, -0.2) is 25.5 Å². The SMILES string of the molecule is CC(C)(C)C[C@H](NS(=O)(=O)c1ccc(Cl)cc1)C(=O)O. The Labute approximate surface area is 124 Å². The van der Waals surface area contributed by atoms with Crippen LogP contribution in [0.4, 0.5) is 0 Å². The fraction of sp³-hybridized carbons (Fsp3) is 0.462. The summed E-state index contributed by atoms with van der Waals surface area (Å²) in [6, 6.07) is 4.38. The molecule has 5 nitrogen and oxygen atoms in total. The van der Waals surface area contributed by atoms with E-state index in [1.54, 1.807) is 0 Å². The summed E-state index contributed by atoms with van der Waals surface area (Å²) in [5, 5.41) is 9.55. The highest BCUT2D eigenvalue weighted by atomic mass is 35.5. The van der Waals surface area contributed by atoms with Crippen LogP contribution in [0.25, 0.3) is 0 Å². The van der Waals surface area contributed by atoms with Crippen molar-refractivity contribution in [2.75, 3.05) is 0 Å². The van der Waals surface area contributed by atoms with Crippen LogP contribution in [0.1, 0.15) is 27.2 Å². The molecule has 0 saturated heterocycles. The van der Waals surface area contributed by atoms with E-state index in [0.29, 0.717) is 5.02 Å². The Hall–Kier alpha value is -1.11. The molecule has 0 unspecified atom stereocenters. The van der Waals surface area contributed by atoms with Crippen molar-refractivity contribution in [2.45, 2.75) is 38.1 Å². The molecule has 20 heavy (non-hydrogen) atoms. The molecule has 0 saturated carbocycles. The van der Waals surface area contributed by atoms with E-state index in [1.807, 2.05) is 20.8 Å². The number of halogens is 1. The zero-order chi connectivity index (χ0) is 15.6. The molecule has 2 N–H and O–H groups in total. The molecule has 1 aromatic rings. The van der Waals surface area contributed by atoms with Crippen molar-refractivity contribution < 1.29 is 18.3 Å². The summed E-state index contributed by atoms with van der Waals surface area (Å²) in [5.41, 5.74) is -0.314. The van der Waals surface area contributed by atoms with Crippen LogP contribution in [0.15, 0.2) is 29.2 Å². The van der Waals surface area contributed by atoms with E-state index >= 15 is 0 Å². The third-order valence-electron chi connectivity index (χ3n) is 2.54. The van der Waals surface area contributed by atoms with E-state index in [2.05, 4.69) is 4.72 Å². The first-order valence-electron chi connectivity index (χ1n) is 6.02. The molecule has 112 valence electrons. The normalized spacial score (nSPS) is 14.0. The van der Waals surface area contributed by atoms with E-state index in [-0.39, 0.29) is 16.7 Å². The Morgan fingerprint density at radius 3 is 2.20 bits per heavy atom. The van der Waals surface area contributed by atoms with Gasteiger partial charge in [0, 0.05) is 5.02 Å². The summed E-state index contributed by atoms with van der Waals surface area (Å²) in [7, 11) is -3.88. The van der Waals surface area contributed by atoms with E-state index in [4.69, 9.17) is 16.7 Å². The molecule has 0 spiro atoms. The van der Waals surface area contributed by atoms with Crippen LogP contribution >= 0.6 is 11.6 Å². The molecule has 0 aliphatic rings. The highest BCUT2D eigenvalue weighted by Gasteiger charge is 2.29. The van der Waals surface area contributed by atoms with Crippen LogP contribution < -0.4 is 4.72 Å². The summed E-state index contributed by atoms with van der Waals surface area (Å²) >= 11 is 5.70. The number of hydrogen-bond acceptors (Lipinski definition) is 3. The van der Waals surface area contributed by atoms with Gasteiger partial charge in [0.25, 0.3) is 0 Å². The molecular formula is C13H18ClNO4S. The number of sulfonamides is 1. The number of benzene rings is 1. The topological polar surface area (TPSA) is 83.5 Å². The largest absolute Gasteiger partial charge is 0.480 e. The highest BCUT2D eigenvalue weighted by molar-refractivity contribution is 7.89. The van der Waals surface area contributed by atoms with Gasteiger partial charge in [-0.15, -0.1) is 0 Å². The number of rotatable bonds is 5. The maximum absolute atomic E-state index is 12.1. The summed E-state index contributed by atoms with van der Waals surface area (Å²) in [6.45, 7) is 5.54. The van der Waals surface area contributed by atoms with Crippen LogP contribution in [0.3, 0.4) is 0 Å². The molecule has 0 fully saturated rings. The van der Waals surface area contributed by atoms with Crippen molar-refractivity contribution in [2.24, 2.45) is 5.41 Å². The second-order valence-electron chi connectivity index (χ2n) is 5.73. The van der Waals surface area contributed by atoms with E-state index < -0.39 is 22.0 Å². The van der Waals surface area contributed by atoms with Gasteiger partial charge in [0.05, 0.1) is 4.90 Å². The van der Waals surface area contributed by atoms with Crippen molar-refractivity contribution in [3.8, 4) is 0 Å². The van der Waals surface area contributed by atoms with Crippen molar-refractivity contribution >= 4 is 27.6 Å². The summed E-state index contributed by atoms with van der Waals surface area (Å²) < 4.78 is 26.5. The lowest BCUT2D eigenvalue weighted by Crippen LogP contribution is -2.42. The molecule has 0 heterocycles. The Bertz CT molecular complexity index is 575. The quantitative estimate of drug-likeness (QED) is 0.873. The maximum Gasteiger partial charge on any atom is 0.321 e. The van der Waals surface area contributed by atoms with Crippen LogP contribution in [0, 0.1) is 5.41 Å². The number of hydrogen-bond donors (Lipinski definition) is 2. The molecular weight excluding hydrogens is 302 g/mol. The van der Waals surface area contributed by atoms with Crippen LogP contribution in [-0.2, 0) is 14.8 Å². The van der Waals surface area contributed by atoms with Gasteiger partial charge >= 0.3 is 5.97 Å². The van der Waals surface area contributed by atoms with E-state index in [1.165, 1.54) is 24.3 Å². The smallest absolute Gasteiger partial charge is 0.321 e. The van der Waals surface area contributed by atoms with Crippen molar-refractivity contribution in [3.63, 3.8) is 0 Å². The summed E-state index contributed by atoms with van der Waals surface area (Å²) in [6.07, 6.45) is 0.190. The molecule has 1 atom stereocenters. The van der Waals surface area contributed by atoms with Crippen LogP contribution in [0.5, 0.6) is 0 Å². The standard InChI is InChI=1S/C13H18ClNO4S/c1-13(2,3)8-11(12(16)17)15-20(18,19)10-6-4-9(14)5-7-10/h4-7,11,15H,8H2,1-3H3,(H,16,17)/t11-/m0/s1. The number of carbonyl (C=O) groups is 1. The molecule has 1 aromatic carbocycles. The number of carboxylic acids is 1. The van der Waals surface area contributed by atoms with Gasteiger partial charge in [0.2, 0.25) is 10.0 Å². The second kappa shape index (κ2) is 6.11. The van der Waals surface area contributed by atoms with Crippen LogP contribution in [0.2, 0.25) is 5.02 Å². The minimum atomic E-state index is -3.88. The Balaban J connectivity index is 2.97. The summed E-state index contributed by atoms with van der Waals surface area (Å²) in [4.78, 5) is 11.2. The number of carboxylic acid groups (broad SMARTS) is 1. The fourth-order valence-corrected chi connectivity index (χ4v) is 2.98. The Kier molecular flexibility index (Phi) is 5.18. The molecule has 0 aliphatic carbocycles. The first-order chi connectivity index (χ1) is 9.01. The highest BCUT2D eigenvalue weighted by Crippen LogP contribution is 2.22. The first kappa shape index (κ1) is 16.9. The monoisotopic (exact) mass is 319 g/mol. The maximum atomic E-state index is 12.1. The first-order valence-corrected chi connectivity index (χ1v) is 7.88. The van der Waals surface area contributed by atoms with Gasteiger partial charge < -0.3 is 5.11 Å². The van der Waals surface area contributed by atoms with E-state index in [0.717, 1.165) is 0 Å². The molecule has 1 rings (SSSR count). The van der Waals surface area contributed by atoms with Crippen molar-refractivity contribution in [3.05, 3.63) is 29.3 Å². The average Bonchev–Trinajstić information content (AvgIpc) is 2.26. The Morgan fingerprint density at radius 2 is 1.80 bits per heavy atom. The van der Waals surface area contributed by atoms with Gasteiger partial charge in [-0.25, -0.2) is 8.42 Å². The number of nitrogens with one attached hydrogen (secondary N) is 1. The predicted molar refractivity (Wildman–Crippen MR) is 77.3 cm³/mol. The van der Waals surface area contributed by atoms with Crippen molar-refractivity contribution in [1.29, 1.82) is 0 Å². The van der Waals surface area contributed by atoms with Crippen molar-refractivity contribution in [1.82, 2.24) is 4.72 Å². The molecule has 7 heteroatoms. The molecule has 0 radical (unpaired) electrons. The minimum Gasteiger partial charge on any atom is -0.480 e. The molecule has 0 aromatic heterocycles. The zero-order valence-electron chi connectivity index (χ0n) is 11.6. The number of aliphatic carboxylic acids is 1. The molecule has 0 aliphatic heterocycles. The van der Waals surface area contributed by atoms with Gasteiger partial charge in [-0.1, -0.05) is 32.4 Å². The zero-order valence-corrected chi connectivity index (χ0v) is 13.1. The molecule has 0 amide bonds. The van der Waals surface area contributed by atoms with Gasteiger partial charge in [-0.3, -0.25) is 4.79 Å². The third-order valence-corrected chi connectivity index (χ3v) is 4.28. The minimum absolute atomic E-state index is 0.0120. The second-order valence-corrected chi connectivity index (χ2v) is 7.88. The third kappa shape index (κ3) is 5.11. The van der Waals surface area contributed by atoms with Gasteiger partial charge in [-0.05, 0) is 36.1 Å². The van der Waals surface area contributed by atoms with Gasteiger partial charge in [0.1, 0.15) is 6.04 Å². The van der Waals surface area contributed by atoms with Gasteiger partial charge in [0.15, 0.2) is 0 Å². The lowest BCUT2D eigenvalue weighted by molar-refractivity contribution is -0.139. The summed E-state index contributed by atoms with van der Waals surface area (Å²) in [5.74, 6) is -1.20. The lowest BCUT2D eigenvalue weighted by atomic mass is 9.88. The predicted octanol–water partition coefficient (Wildman–Crippen LogP) is 2.51. The van der Waals surface area contributed by atoms with Gasteiger partial charge in [-0.2, -0.15) is 4.72 Å². The van der Waals surface area contributed by atoms with E-state index in [9.17, 15) is 13.2 Å². The fourth-order valence-electron chi connectivity index (χ4n) is 1.66. The lowest BCUT2D eigenvalue weighted by Gasteiger charge is -2.23. The molecule has 0 bridgehead atoms. The Morgan fingerprint density at radius 1 is 1.30 bits per heavy atom. The average molecular weight is 320 g/mol.